The lowest BCUT2D eigenvalue weighted by Crippen LogP contribution is -2.24. The molecular formula is C26H29FN4O. The fraction of sp³-hybridized carbons (Fsp3) is 0.308. The predicted octanol–water partition coefficient (Wildman–Crippen LogP) is 5.74. The van der Waals surface area contributed by atoms with E-state index >= 15 is 0 Å². The van der Waals surface area contributed by atoms with E-state index in [4.69, 9.17) is 0 Å². The van der Waals surface area contributed by atoms with Crippen LogP contribution in [0.3, 0.4) is 0 Å². The van der Waals surface area contributed by atoms with Crippen LogP contribution >= 0.6 is 0 Å². The molecule has 1 aromatic rings. The van der Waals surface area contributed by atoms with E-state index in [-0.39, 0.29) is 25.0 Å². The SMILES string of the molecule is CC/C=C\N=C1N=CC(C2=CCc3ncc(C(=O)NC4=CCC(C)C(F)=C4)cc32)=CC1C.[HH]. The number of halogens is 1. The Morgan fingerprint density at radius 2 is 2.22 bits per heavy atom. The van der Waals surface area contributed by atoms with E-state index in [1.807, 2.05) is 31.4 Å². The second-order valence-electron chi connectivity index (χ2n) is 8.27. The van der Waals surface area contributed by atoms with Gasteiger partial charge in [-0.25, -0.2) is 14.4 Å². The number of amides is 1. The molecule has 1 N–H and O–H groups in total. The smallest absolute Gasteiger partial charge is 0.257 e. The molecule has 2 atom stereocenters. The summed E-state index contributed by atoms with van der Waals surface area (Å²) in [5.41, 5.74) is 4.82. The molecule has 32 heavy (non-hydrogen) atoms. The van der Waals surface area contributed by atoms with E-state index in [1.54, 1.807) is 12.4 Å². The summed E-state index contributed by atoms with van der Waals surface area (Å²) < 4.78 is 13.9. The molecule has 1 aliphatic heterocycles. The molecule has 0 radical (unpaired) electrons. The highest BCUT2D eigenvalue weighted by molar-refractivity contribution is 6.10. The molecular weight excluding hydrogens is 403 g/mol. The summed E-state index contributed by atoms with van der Waals surface area (Å²) in [5.74, 6) is 0.201. The number of carbonyl (C=O) groups is 1. The Balaban J connectivity index is 0.00000306. The summed E-state index contributed by atoms with van der Waals surface area (Å²) in [6, 6.07) is 1.86. The molecule has 0 aromatic carbocycles. The minimum atomic E-state index is -0.298. The predicted molar refractivity (Wildman–Crippen MR) is 129 cm³/mol. The van der Waals surface area contributed by atoms with E-state index in [2.05, 4.69) is 46.3 Å². The maximum atomic E-state index is 13.9. The van der Waals surface area contributed by atoms with Crippen molar-refractivity contribution in [1.29, 1.82) is 0 Å². The summed E-state index contributed by atoms with van der Waals surface area (Å²) in [7, 11) is 0. The fourth-order valence-corrected chi connectivity index (χ4v) is 3.84. The third-order valence-corrected chi connectivity index (χ3v) is 5.77. The van der Waals surface area contributed by atoms with Gasteiger partial charge in [0.25, 0.3) is 5.91 Å². The first-order valence-corrected chi connectivity index (χ1v) is 11.0. The van der Waals surface area contributed by atoms with Crippen LogP contribution in [0.4, 0.5) is 4.39 Å². The lowest BCUT2D eigenvalue weighted by atomic mass is 9.95. The van der Waals surface area contributed by atoms with Crippen LogP contribution in [0, 0.1) is 11.8 Å². The van der Waals surface area contributed by atoms with Crippen molar-refractivity contribution in [2.24, 2.45) is 21.8 Å². The first-order chi connectivity index (χ1) is 15.5. The molecule has 4 rings (SSSR count). The van der Waals surface area contributed by atoms with Crippen molar-refractivity contribution in [2.45, 2.75) is 40.0 Å². The van der Waals surface area contributed by atoms with E-state index in [9.17, 15) is 9.18 Å². The molecule has 0 bridgehead atoms. The molecule has 0 spiro atoms. The molecule has 166 valence electrons. The van der Waals surface area contributed by atoms with Crippen LogP contribution in [0.1, 0.15) is 56.7 Å². The summed E-state index contributed by atoms with van der Waals surface area (Å²) in [6.45, 7) is 5.95. The number of hydrogen-bond acceptors (Lipinski definition) is 3. The molecule has 2 aliphatic carbocycles. The molecule has 2 unspecified atom stereocenters. The number of carbonyl (C=O) groups excluding carboxylic acids is 1. The molecule has 1 amide bonds. The number of nitrogens with one attached hydrogen (secondary N) is 1. The lowest BCUT2D eigenvalue weighted by molar-refractivity contribution is 0.0966. The van der Waals surface area contributed by atoms with Gasteiger partial charge >= 0.3 is 0 Å². The number of hydrogen-bond donors (Lipinski definition) is 1. The Kier molecular flexibility index (Phi) is 6.40. The van der Waals surface area contributed by atoms with Gasteiger partial charge in [-0.1, -0.05) is 45.1 Å². The van der Waals surface area contributed by atoms with Crippen molar-refractivity contribution in [3.05, 3.63) is 82.8 Å². The van der Waals surface area contributed by atoms with Crippen molar-refractivity contribution in [3.8, 4) is 0 Å². The zero-order chi connectivity index (χ0) is 22.7. The normalized spacial score (nSPS) is 23.6. The summed E-state index contributed by atoms with van der Waals surface area (Å²) in [6.07, 6.45) is 16.9. The Morgan fingerprint density at radius 3 is 2.97 bits per heavy atom. The van der Waals surface area contributed by atoms with Gasteiger partial charge in [0.05, 0.1) is 11.3 Å². The number of aliphatic imine (C=N–C) groups is 2. The fourth-order valence-electron chi connectivity index (χ4n) is 3.84. The van der Waals surface area contributed by atoms with Crippen LogP contribution in [0.15, 0.2) is 75.9 Å². The van der Waals surface area contributed by atoms with E-state index in [1.165, 1.54) is 6.08 Å². The van der Waals surface area contributed by atoms with E-state index in [0.717, 1.165) is 34.7 Å². The zero-order valence-corrected chi connectivity index (χ0v) is 18.6. The quantitative estimate of drug-likeness (QED) is 0.644. The van der Waals surface area contributed by atoms with Gasteiger partial charge in [0.15, 0.2) is 0 Å². The average Bonchev–Trinajstić information content (AvgIpc) is 3.21. The van der Waals surface area contributed by atoms with Gasteiger partial charge in [-0.05, 0) is 36.1 Å². The number of pyridine rings is 1. The maximum Gasteiger partial charge on any atom is 0.257 e. The minimum Gasteiger partial charge on any atom is -0.322 e. The molecule has 2 heterocycles. The van der Waals surface area contributed by atoms with Crippen LogP contribution < -0.4 is 5.32 Å². The number of fused-ring (bicyclic) bond motifs is 1. The van der Waals surface area contributed by atoms with Gasteiger partial charge < -0.3 is 5.32 Å². The third kappa shape index (κ3) is 4.59. The summed E-state index contributed by atoms with van der Waals surface area (Å²) in [5, 5.41) is 2.79. The second-order valence-corrected chi connectivity index (χ2v) is 8.27. The minimum absolute atomic E-state index is 0. The Bertz CT molecular complexity index is 1160. The number of rotatable bonds is 5. The number of allylic oxidation sites excluding steroid dienone is 7. The number of aromatic nitrogens is 1. The van der Waals surface area contributed by atoms with E-state index in [0.29, 0.717) is 24.1 Å². The van der Waals surface area contributed by atoms with Crippen LogP contribution in [-0.2, 0) is 6.42 Å². The first-order valence-electron chi connectivity index (χ1n) is 11.0. The van der Waals surface area contributed by atoms with Gasteiger partial charge in [0.2, 0.25) is 0 Å². The molecule has 6 heteroatoms. The van der Waals surface area contributed by atoms with Gasteiger partial charge in [-0.15, -0.1) is 0 Å². The molecule has 0 fully saturated rings. The molecule has 3 aliphatic rings. The number of dihydropyridines is 1. The summed E-state index contributed by atoms with van der Waals surface area (Å²) >= 11 is 0. The first kappa shape index (κ1) is 21.8. The standard InChI is InChI=1S/C26H27FN4O.H2/c1-4-5-10-28-25-17(3)11-18(14-30-25)21-8-9-24-22(21)12-19(15-29-24)26(32)31-20-7-6-16(2)23(27)13-20;/h5,7-8,10-17H,4,6,9H2,1-3H3,(H,31,32);1H/b10-5-,28-25?;. The van der Waals surface area contributed by atoms with Crippen molar-refractivity contribution in [3.63, 3.8) is 0 Å². The second kappa shape index (κ2) is 9.39. The van der Waals surface area contributed by atoms with Crippen molar-refractivity contribution >= 4 is 23.5 Å². The van der Waals surface area contributed by atoms with Gasteiger partial charge in [0.1, 0.15) is 11.7 Å². The monoisotopic (exact) mass is 432 g/mol. The largest absolute Gasteiger partial charge is 0.322 e. The number of nitrogens with zero attached hydrogens (tertiary/aromatic N) is 3. The Labute approximate surface area is 189 Å². The van der Waals surface area contributed by atoms with Crippen molar-refractivity contribution < 1.29 is 10.6 Å². The average molecular weight is 433 g/mol. The third-order valence-electron chi connectivity index (χ3n) is 5.77. The van der Waals surface area contributed by atoms with Gasteiger partial charge in [-0.2, -0.15) is 0 Å². The Hall–Kier alpha value is -3.41. The maximum absolute atomic E-state index is 13.9. The molecule has 0 saturated carbocycles. The van der Waals surface area contributed by atoms with Gasteiger partial charge in [0, 0.05) is 49.6 Å². The molecule has 1 aromatic heterocycles. The van der Waals surface area contributed by atoms with Crippen LogP contribution in [-0.4, -0.2) is 22.9 Å². The van der Waals surface area contributed by atoms with E-state index < -0.39 is 0 Å². The highest BCUT2D eigenvalue weighted by Crippen LogP contribution is 2.33. The van der Waals surface area contributed by atoms with Crippen LogP contribution in [0.5, 0.6) is 0 Å². The lowest BCUT2D eigenvalue weighted by Gasteiger charge is -2.16. The Morgan fingerprint density at radius 1 is 1.38 bits per heavy atom. The topological polar surface area (TPSA) is 66.7 Å². The van der Waals surface area contributed by atoms with Crippen LogP contribution in [0.2, 0.25) is 0 Å². The van der Waals surface area contributed by atoms with Crippen LogP contribution in [0.25, 0.3) is 5.57 Å². The number of amidine groups is 1. The molecule has 5 nitrogen and oxygen atoms in total. The highest BCUT2D eigenvalue weighted by atomic mass is 19.1. The van der Waals surface area contributed by atoms with Crippen molar-refractivity contribution in [2.75, 3.05) is 0 Å². The van der Waals surface area contributed by atoms with Gasteiger partial charge in [-0.3, -0.25) is 9.78 Å². The highest BCUT2D eigenvalue weighted by Gasteiger charge is 2.23. The molecule has 0 saturated heterocycles. The zero-order valence-electron chi connectivity index (χ0n) is 18.6. The van der Waals surface area contributed by atoms with Crippen molar-refractivity contribution in [1.82, 2.24) is 10.3 Å². The summed E-state index contributed by atoms with van der Waals surface area (Å²) in [4.78, 5) is 26.3.